The minimum atomic E-state index is -0.237. The third-order valence-electron chi connectivity index (χ3n) is 7.10. The van der Waals surface area contributed by atoms with Crippen LogP contribution >= 0.6 is 11.3 Å². The number of ether oxygens (including phenoxy) is 1. The lowest BCUT2D eigenvalue weighted by Gasteiger charge is -2.26. The van der Waals surface area contributed by atoms with Crippen LogP contribution in [-0.4, -0.2) is 30.1 Å². The van der Waals surface area contributed by atoms with E-state index in [4.69, 9.17) is 9.72 Å². The third-order valence-corrected chi connectivity index (χ3v) is 8.14. The highest BCUT2D eigenvalue weighted by atomic mass is 32.1. The molecule has 0 radical (unpaired) electrons. The zero-order chi connectivity index (χ0) is 24.0. The van der Waals surface area contributed by atoms with Gasteiger partial charge in [0.05, 0.1) is 32.5 Å². The van der Waals surface area contributed by atoms with Crippen molar-refractivity contribution in [2.45, 2.75) is 45.1 Å². The third kappa shape index (κ3) is 3.89. The van der Waals surface area contributed by atoms with Crippen LogP contribution in [0.5, 0.6) is 0 Å². The van der Waals surface area contributed by atoms with E-state index >= 15 is 0 Å². The minimum absolute atomic E-state index is 0.000580. The molecule has 1 aliphatic carbocycles. The van der Waals surface area contributed by atoms with Gasteiger partial charge in [0.1, 0.15) is 0 Å². The number of hydrogen-bond donors (Lipinski definition) is 0. The summed E-state index contributed by atoms with van der Waals surface area (Å²) in [5, 5.41) is 10.1. The van der Waals surface area contributed by atoms with Crippen molar-refractivity contribution in [2.75, 3.05) is 0 Å². The summed E-state index contributed by atoms with van der Waals surface area (Å²) >= 11 is 1.71. The monoisotopic (exact) mass is 487 g/mol. The van der Waals surface area contributed by atoms with Crippen LogP contribution < -0.4 is 5.56 Å². The number of benzene rings is 2. The number of thiazole rings is 1. The molecule has 1 aliphatic rings. The Kier molecular flexibility index (Phi) is 5.36. The van der Waals surface area contributed by atoms with E-state index < -0.39 is 0 Å². The molecule has 1 saturated carbocycles. The van der Waals surface area contributed by atoms with Crippen LogP contribution in [0.2, 0.25) is 0 Å². The second-order valence-electron chi connectivity index (χ2n) is 9.43. The Balaban J connectivity index is 1.22. The van der Waals surface area contributed by atoms with Gasteiger partial charge >= 0.3 is 5.97 Å². The summed E-state index contributed by atoms with van der Waals surface area (Å²) in [7, 11) is 1.67. The zero-order valence-electron chi connectivity index (χ0n) is 19.4. The number of para-hydroxylation sites is 2. The number of carbonyl (C=O) groups is 1. The fraction of sp³-hybridized carbons (Fsp3) is 0.346. The SMILES string of the molecule is Cn1c(=O)c2ccccc2n2c(COC(=O)CC3(Cc4nc5ccccc5s4)CCCC3)nnc12. The average molecular weight is 488 g/mol. The van der Waals surface area contributed by atoms with Gasteiger partial charge < -0.3 is 4.74 Å². The molecule has 0 bridgehead atoms. The van der Waals surface area contributed by atoms with E-state index in [2.05, 4.69) is 16.3 Å². The van der Waals surface area contributed by atoms with Crippen LogP contribution in [-0.2, 0) is 29.6 Å². The van der Waals surface area contributed by atoms with Crippen LogP contribution in [0.15, 0.2) is 53.3 Å². The number of hydrogen-bond acceptors (Lipinski definition) is 7. The summed E-state index contributed by atoms with van der Waals surface area (Å²) in [4.78, 5) is 30.5. The topological polar surface area (TPSA) is 91.4 Å². The molecule has 0 unspecified atom stereocenters. The number of aryl methyl sites for hydroxylation is 1. The molecule has 9 heteroatoms. The summed E-state index contributed by atoms with van der Waals surface area (Å²) in [6.45, 7) is -0.000580. The number of esters is 1. The van der Waals surface area contributed by atoms with Gasteiger partial charge in [0.2, 0.25) is 5.78 Å². The Hall–Kier alpha value is -3.59. The summed E-state index contributed by atoms with van der Waals surface area (Å²) in [5.41, 5.74) is 1.46. The molecule has 178 valence electrons. The molecule has 0 spiro atoms. The number of fused-ring (bicyclic) bond motifs is 4. The minimum Gasteiger partial charge on any atom is -0.457 e. The Morgan fingerprint density at radius 3 is 2.69 bits per heavy atom. The van der Waals surface area contributed by atoms with Crippen molar-refractivity contribution in [2.24, 2.45) is 12.5 Å². The molecule has 35 heavy (non-hydrogen) atoms. The van der Waals surface area contributed by atoms with Crippen molar-refractivity contribution in [1.29, 1.82) is 0 Å². The lowest BCUT2D eigenvalue weighted by molar-refractivity contribution is -0.148. The van der Waals surface area contributed by atoms with Crippen molar-refractivity contribution in [3.05, 3.63) is 69.7 Å². The molecule has 6 rings (SSSR count). The standard InChI is InChI=1S/C26H25N5O3S/c1-30-24(33)17-8-2-4-10-19(17)31-21(28-29-25(30)31)16-34-23(32)15-26(12-6-7-13-26)14-22-27-18-9-3-5-11-20(18)35-22/h2-5,8-11H,6-7,12-16H2,1H3. The van der Waals surface area contributed by atoms with Crippen LogP contribution in [0.25, 0.3) is 26.9 Å². The highest BCUT2D eigenvalue weighted by Crippen LogP contribution is 2.45. The predicted molar refractivity (Wildman–Crippen MR) is 134 cm³/mol. The van der Waals surface area contributed by atoms with Crippen LogP contribution in [0.4, 0.5) is 0 Å². The molecule has 3 heterocycles. The fourth-order valence-electron chi connectivity index (χ4n) is 5.35. The molecule has 0 atom stereocenters. The Morgan fingerprint density at radius 1 is 1.09 bits per heavy atom. The van der Waals surface area contributed by atoms with Crippen LogP contribution in [0, 0.1) is 5.41 Å². The van der Waals surface area contributed by atoms with E-state index in [0.717, 1.165) is 42.6 Å². The number of rotatable bonds is 6. The fourth-order valence-corrected chi connectivity index (χ4v) is 6.49. The van der Waals surface area contributed by atoms with Crippen molar-refractivity contribution < 1.29 is 9.53 Å². The smallest absolute Gasteiger partial charge is 0.306 e. The maximum Gasteiger partial charge on any atom is 0.306 e. The lowest BCUT2D eigenvalue weighted by atomic mass is 9.80. The highest BCUT2D eigenvalue weighted by molar-refractivity contribution is 7.18. The largest absolute Gasteiger partial charge is 0.457 e. The number of carbonyl (C=O) groups excluding carboxylic acids is 1. The normalized spacial score (nSPS) is 15.3. The van der Waals surface area contributed by atoms with Gasteiger partial charge in [0, 0.05) is 13.5 Å². The summed E-state index contributed by atoms with van der Waals surface area (Å²) in [6, 6.07) is 15.5. The molecule has 0 amide bonds. The number of aromatic nitrogens is 5. The van der Waals surface area contributed by atoms with Crippen molar-refractivity contribution in [1.82, 2.24) is 24.1 Å². The first kappa shape index (κ1) is 21.9. The molecule has 3 aromatic heterocycles. The van der Waals surface area contributed by atoms with Crippen LogP contribution in [0.3, 0.4) is 0 Å². The molecule has 0 N–H and O–H groups in total. The van der Waals surface area contributed by atoms with E-state index in [9.17, 15) is 9.59 Å². The summed E-state index contributed by atoms with van der Waals surface area (Å²) < 4.78 is 10.2. The van der Waals surface area contributed by atoms with Crippen LogP contribution in [0.1, 0.15) is 42.9 Å². The summed E-state index contributed by atoms with van der Waals surface area (Å²) in [5.74, 6) is 0.675. The molecular weight excluding hydrogens is 462 g/mol. The molecule has 8 nitrogen and oxygen atoms in total. The molecule has 0 saturated heterocycles. The first-order valence-corrected chi connectivity index (χ1v) is 12.7. The van der Waals surface area contributed by atoms with Crippen molar-refractivity contribution in [3.63, 3.8) is 0 Å². The van der Waals surface area contributed by atoms with E-state index in [1.807, 2.05) is 36.4 Å². The van der Waals surface area contributed by atoms with Gasteiger partial charge in [-0.25, -0.2) is 4.98 Å². The first-order valence-electron chi connectivity index (χ1n) is 11.8. The van der Waals surface area contributed by atoms with Gasteiger partial charge in [-0.3, -0.25) is 18.6 Å². The Morgan fingerprint density at radius 2 is 1.86 bits per heavy atom. The average Bonchev–Trinajstić information content (AvgIpc) is 3.59. The van der Waals surface area contributed by atoms with Crippen molar-refractivity contribution in [3.8, 4) is 0 Å². The quantitative estimate of drug-likeness (QED) is 0.329. The number of nitrogens with zero attached hydrogens (tertiary/aromatic N) is 5. The van der Waals surface area contributed by atoms with Gasteiger partial charge in [-0.05, 0) is 42.5 Å². The molecule has 5 aromatic rings. The van der Waals surface area contributed by atoms with E-state index in [1.165, 1.54) is 9.27 Å². The highest BCUT2D eigenvalue weighted by Gasteiger charge is 2.37. The van der Waals surface area contributed by atoms with E-state index in [-0.39, 0.29) is 23.6 Å². The van der Waals surface area contributed by atoms with Gasteiger partial charge in [-0.1, -0.05) is 37.1 Å². The van der Waals surface area contributed by atoms with Gasteiger partial charge in [-0.15, -0.1) is 21.5 Å². The maximum absolute atomic E-state index is 13.0. The van der Waals surface area contributed by atoms with Gasteiger partial charge in [0.25, 0.3) is 5.56 Å². The van der Waals surface area contributed by atoms with E-state index in [0.29, 0.717) is 28.9 Å². The van der Waals surface area contributed by atoms with E-state index in [1.54, 1.807) is 28.9 Å². The zero-order valence-corrected chi connectivity index (χ0v) is 20.3. The molecule has 0 aliphatic heterocycles. The molecule has 1 fully saturated rings. The molecular formula is C26H25N5O3S. The van der Waals surface area contributed by atoms with Gasteiger partial charge in [0.15, 0.2) is 12.4 Å². The maximum atomic E-state index is 13.0. The Bertz CT molecular complexity index is 1590. The van der Waals surface area contributed by atoms with Crippen molar-refractivity contribution >= 4 is 44.2 Å². The molecule has 2 aromatic carbocycles. The Labute approximate surface area is 205 Å². The summed E-state index contributed by atoms with van der Waals surface area (Å²) in [6.07, 6.45) is 5.39. The second kappa shape index (κ2) is 8.57. The van der Waals surface area contributed by atoms with Gasteiger partial charge in [-0.2, -0.15) is 0 Å². The first-order chi connectivity index (χ1) is 17.0. The predicted octanol–water partition coefficient (Wildman–Crippen LogP) is 4.43. The second-order valence-corrected chi connectivity index (χ2v) is 10.5. The lowest BCUT2D eigenvalue weighted by Crippen LogP contribution is -2.25.